The molecule has 0 bridgehead atoms. The summed E-state index contributed by atoms with van der Waals surface area (Å²) in [7, 11) is 0. The minimum absolute atomic E-state index is 0.405. The minimum atomic E-state index is 0.405. The Balaban J connectivity index is 1.37. The number of piperidine rings is 1. The van der Waals surface area contributed by atoms with E-state index in [-0.39, 0.29) is 0 Å². The molecule has 1 aromatic carbocycles. The van der Waals surface area contributed by atoms with Gasteiger partial charge in [-0.2, -0.15) is 0 Å². The molecule has 152 valence electrons. The Kier molecular flexibility index (Phi) is 5.04. The van der Waals surface area contributed by atoms with Crippen molar-refractivity contribution in [1.29, 1.82) is 0 Å². The molecular weight excluding hydrogens is 376 g/mol. The van der Waals surface area contributed by atoms with E-state index in [1.54, 1.807) is 0 Å². The van der Waals surface area contributed by atoms with Crippen LogP contribution in [-0.4, -0.2) is 41.0 Å². The van der Waals surface area contributed by atoms with Crippen LogP contribution in [-0.2, 0) is 13.0 Å². The molecule has 5 rings (SSSR count). The Hall–Kier alpha value is -1.98. The van der Waals surface area contributed by atoms with Gasteiger partial charge in [0.25, 0.3) is 0 Å². The highest BCUT2D eigenvalue weighted by molar-refractivity contribution is 7.18. The molecule has 2 aliphatic heterocycles. The molecule has 4 nitrogen and oxygen atoms in total. The third-order valence-corrected chi connectivity index (χ3v) is 7.78. The fourth-order valence-corrected chi connectivity index (χ4v) is 6.21. The van der Waals surface area contributed by atoms with Crippen LogP contribution >= 0.6 is 11.3 Å². The first-order chi connectivity index (χ1) is 14.1. The molecule has 0 N–H and O–H groups in total. The van der Waals surface area contributed by atoms with Crippen molar-refractivity contribution in [3.8, 4) is 0 Å². The fraction of sp³-hybridized carbons (Fsp3) is 0.500. The van der Waals surface area contributed by atoms with Crippen LogP contribution in [0.1, 0.15) is 42.5 Å². The minimum Gasteiger partial charge on any atom is -0.355 e. The lowest BCUT2D eigenvalue weighted by Gasteiger charge is -2.41. The number of aromatic nitrogens is 2. The number of anilines is 1. The third kappa shape index (κ3) is 3.78. The molecule has 0 radical (unpaired) electrons. The maximum Gasteiger partial charge on any atom is 0.141 e. The van der Waals surface area contributed by atoms with Crippen molar-refractivity contribution >= 4 is 27.4 Å². The summed E-state index contributed by atoms with van der Waals surface area (Å²) in [6.45, 7) is 9.98. The summed E-state index contributed by atoms with van der Waals surface area (Å²) in [6.07, 6.45) is 4.96. The van der Waals surface area contributed by atoms with Gasteiger partial charge in [-0.3, -0.25) is 4.90 Å². The maximum absolute atomic E-state index is 4.92. The van der Waals surface area contributed by atoms with Crippen molar-refractivity contribution in [2.45, 2.75) is 46.1 Å². The van der Waals surface area contributed by atoms with Crippen molar-refractivity contribution < 1.29 is 0 Å². The van der Waals surface area contributed by atoms with Gasteiger partial charge in [-0.1, -0.05) is 37.3 Å². The van der Waals surface area contributed by atoms with Gasteiger partial charge in [-0.15, -0.1) is 11.3 Å². The van der Waals surface area contributed by atoms with Crippen LogP contribution in [0, 0.1) is 12.3 Å². The molecule has 3 aromatic rings. The second-order valence-corrected chi connectivity index (χ2v) is 9.97. The second kappa shape index (κ2) is 7.69. The Morgan fingerprint density at radius 1 is 1.07 bits per heavy atom. The van der Waals surface area contributed by atoms with Crippen LogP contribution < -0.4 is 4.90 Å². The number of aryl methyl sites for hydroxylation is 2. The highest BCUT2D eigenvalue weighted by atomic mass is 32.1. The van der Waals surface area contributed by atoms with E-state index in [0.717, 1.165) is 36.7 Å². The smallest absolute Gasteiger partial charge is 0.141 e. The number of fused-ring (bicyclic) bond motifs is 1. The van der Waals surface area contributed by atoms with E-state index in [0.29, 0.717) is 5.41 Å². The summed E-state index contributed by atoms with van der Waals surface area (Å²) >= 11 is 1.83. The molecule has 0 saturated carbocycles. The summed E-state index contributed by atoms with van der Waals surface area (Å²) in [4.78, 5) is 17.4. The summed E-state index contributed by atoms with van der Waals surface area (Å²) in [6, 6.07) is 13.2. The van der Waals surface area contributed by atoms with E-state index in [1.807, 2.05) is 18.3 Å². The quantitative estimate of drug-likeness (QED) is 0.607. The van der Waals surface area contributed by atoms with E-state index >= 15 is 0 Å². The van der Waals surface area contributed by atoms with E-state index < -0.39 is 0 Å². The molecular formula is C24H30N4S. The van der Waals surface area contributed by atoms with Gasteiger partial charge in [-0.05, 0) is 50.8 Å². The van der Waals surface area contributed by atoms with Gasteiger partial charge in [0, 0.05) is 36.5 Å². The molecule has 4 heterocycles. The predicted molar refractivity (Wildman–Crippen MR) is 122 cm³/mol. The van der Waals surface area contributed by atoms with Gasteiger partial charge in [0.05, 0.1) is 5.39 Å². The van der Waals surface area contributed by atoms with Crippen molar-refractivity contribution in [2.75, 3.05) is 31.1 Å². The van der Waals surface area contributed by atoms with Crippen LogP contribution in [0.2, 0.25) is 0 Å². The molecule has 0 aliphatic carbocycles. The van der Waals surface area contributed by atoms with Crippen LogP contribution in [0.15, 0.2) is 36.4 Å². The first kappa shape index (κ1) is 19.0. The standard InChI is InChI=1S/C24H30N4S/c1-3-20-14-21-22(25-18(2)26-23(21)29-20)28-12-7-10-24(17-28)11-13-27(16-24)15-19-8-5-4-6-9-19/h4-6,8-9,14H,3,7,10-13,15-17H2,1-2H3. The van der Waals surface area contributed by atoms with Crippen LogP contribution in [0.5, 0.6) is 0 Å². The second-order valence-electron chi connectivity index (χ2n) is 8.85. The Labute approximate surface area is 177 Å². The lowest BCUT2D eigenvalue weighted by Crippen LogP contribution is -2.45. The SMILES string of the molecule is CCc1cc2c(N3CCCC4(CCN(Cc5ccccc5)C4)C3)nc(C)nc2s1. The van der Waals surface area contributed by atoms with Crippen molar-refractivity contribution in [2.24, 2.45) is 5.41 Å². The first-order valence-corrected chi connectivity index (χ1v) is 11.7. The fourth-order valence-electron chi connectivity index (χ4n) is 5.20. The summed E-state index contributed by atoms with van der Waals surface area (Å²) < 4.78 is 0. The Bertz CT molecular complexity index is 999. The summed E-state index contributed by atoms with van der Waals surface area (Å²) in [5.74, 6) is 2.07. The van der Waals surface area contributed by atoms with Crippen LogP contribution in [0.3, 0.4) is 0 Å². The predicted octanol–water partition coefficient (Wildman–Crippen LogP) is 5.05. The van der Waals surface area contributed by atoms with Gasteiger partial charge < -0.3 is 4.90 Å². The summed E-state index contributed by atoms with van der Waals surface area (Å²) in [5, 5.41) is 1.26. The molecule has 2 fully saturated rings. The molecule has 29 heavy (non-hydrogen) atoms. The van der Waals surface area contributed by atoms with Gasteiger partial charge in [0.15, 0.2) is 0 Å². The molecule has 5 heteroatoms. The number of nitrogens with zero attached hydrogens (tertiary/aromatic N) is 4. The monoisotopic (exact) mass is 406 g/mol. The van der Waals surface area contributed by atoms with Gasteiger partial charge in [0.2, 0.25) is 0 Å². The Morgan fingerprint density at radius 2 is 1.93 bits per heavy atom. The van der Waals surface area contributed by atoms with Crippen LogP contribution in [0.25, 0.3) is 10.2 Å². The molecule has 2 aliphatic rings. The lowest BCUT2D eigenvalue weighted by atomic mass is 9.79. The third-order valence-electron chi connectivity index (χ3n) is 6.61. The number of benzene rings is 1. The molecule has 2 saturated heterocycles. The highest BCUT2D eigenvalue weighted by Gasteiger charge is 2.41. The molecule has 1 unspecified atom stereocenters. The van der Waals surface area contributed by atoms with E-state index in [2.05, 4.69) is 53.1 Å². The van der Waals surface area contributed by atoms with E-state index in [1.165, 1.54) is 54.0 Å². The van der Waals surface area contributed by atoms with Gasteiger partial charge in [0.1, 0.15) is 16.5 Å². The zero-order chi connectivity index (χ0) is 19.8. The average Bonchev–Trinajstić information content (AvgIpc) is 3.32. The summed E-state index contributed by atoms with van der Waals surface area (Å²) in [5.41, 5.74) is 1.83. The topological polar surface area (TPSA) is 32.3 Å². The van der Waals surface area contributed by atoms with E-state index in [4.69, 9.17) is 9.97 Å². The number of hydrogen-bond donors (Lipinski definition) is 0. The number of rotatable bonds is 4. The number of thiophene rings is 1. The largest absolute Gasteiger partial charge is 0.355 e. The number of likely N-dealkylation sites (tertiary alicyclic amines) is 1. The molecule has 1 spiro atoms. The normalized spacial score (nSPS) is 22.8. The first-order valence-electron chi connectivity index (χ1n) is 10.9. The molecule has 2 aromatic heterocycles. The van der Waals surface area contributed by atoms with Gasteiger partial charge >= 0.3 is 0 Å². The molecule has 1 atom stereocenters. The van der Waals surface area contributed by atoms with Crippen molar-refractivity contribution in [3.63, 3.8) is 0 Å². The van der Waals surface area contributed by atoms with Crippen molar-refractivity contribution in [3.05, 3.63) is 52.7 Å². The Morgan fingerprint density at radius 3 is 2.76 bits per heavy atom. The zero-order valence-corrected chi connectivity index (χ0v) is 18.3. The highest BCUT2D eigenvalue weighted by Crippen LogP contribution is 2.42. The van der Waals surface area contributed by atoms with Crippen molar-refractivity contribution in [1.82, 2.24) is 14.9 Å². The maximum atomic E-state index is 4.92. The zero-order valence-electron chi connectivity index (χ0n) is 17.5. The van der Waals surface area contributed by atoms with E-state index in [9.17, 15) is 0 Å². The number of hydrogen-bond acceptors (Lipinski definition) is 5. The van der Waals surface area contributed by atoms with Gasteiger partial charge in [-0.25, -0.2) is 9.97 Å². The lowest BCUT2D eigenvalue weighted by molar-refractivity contribution is 0.216. The average molecular weight is 407 g/mol. The van der Waals surface area contributed by atoms with Crippen LogP contribution in [0.4, 0.5) is 5.82 Å². The molecule has 0 amide bonds.